The first-order valence-electron chi connectivity index (χ1n) is 8.29. The highest BCUT2D eigenvalue weighted by Crippen LogP contribution is 2.33. The molecule has 0 saturated carbocycles. The molecule has 3 aromatic carbocycles. The zero-order valence-electron chi connectivity index (χ0n) is 13.7. The van der Waals surface area contributed by atoms with Crippen LogP contribution in [0, 0.1) is 0 Å². The molecule has 0 aliphatic carbocycles. The molecule has 122 valence electrons. The Morgan fingerprint density at radius 1 is 0.708 bits per heavy atom. The molecule has 0 heterocycles. The zero-order chi connectivity index (χ0) is 16.6. The fraction of sp³-hybridized carbons (Fsp3) is 0.143. The first kappa shape index (κ1) is 16.9. The molecule has 2 nitrogen and oxygen atoms in total. The van der Waals surface area contributed by atoms with Crippen LogP contribution in [0.3, 0.4) is 0 Å². The van der Waals surface area contributed by atoms with Gasteiger partial charge in [-0.2, -0.15) is 0 Å². The highest BCUT2D eigenvalue weighted by Gasteiger charge is 2.18. The van der Waals surface area contributed by atoms with Gasteiger partial charge in [0.25, 0.3) is 0 Å². The topological polar surface area (TPSA) is 38.0 Å². The molecule has 3 rings (SSSR count). The summed E-state index contributed by atoms with van der Waals surface area (Å²) in [5.74, 6) is 0. The van der Waals surface area contributed by atoms with Gasteiger partial charge in [0.05, 0.1) is 0 Å². The Morgan fingerprint density at radius 3 is 1.83 bits per heavy atom. The van der Waals surface area contributed by atoms with Crippen molar-refractivity contribution >= 4 is 23.8 Å². The molecule has 0 aliphatic heterocycles. The van der Waals surface area contributed by atoms with Crippen LogP contribution >= 0.6 is 7.92 Å². The van der Waals surface area contributed by atoms with Gasteiger partial charge in [0.1, 0.15) is 0 Å². The SMILES string of the molecule is NCCNCc1ccccc1P(c1ccccc1)c1ccccc1. The molecule has 0 aliphatic rings. The second-order valence-corrected chi connectivity index (χ2v) is 7.79. The number of hydrogen-bond donors (Lipinski definition) is 2. The molecule has 0 fully saturated rings. The molecular formula is C21H23N2P. The van der Waals surface area contributed by atoms with E-state index >= 15 is 0 Å². The number of benzene rings is 3. The third-order valence-corrected chi connectivity index (χ3v) is 6.45. The van der Waals surface area contributed by atoms with Crippen molar-refractivity contribution in [2.45, 2.75) is 6.54 Å². The molecule has 3 aromatic rings. The molecule has 24 heavy (non-hydrogen) atoms. The van der Waals surface area contributed by atoms with E-state index in [2.05, 4.69) is 90.2 Å². The van der Waals surface area contributed by atoms with Crippen LogP contribution in [0.4, 0.5) is 0 Å². The molecule has 0 spiro atoms. The van der Waals surface area contributed by atoms with Gasteiger partial charge in [0, 0.05) is 19.6 Å². The van der Waals surface area contributed by atoms with Crippen LogP contribution in [0.2, 0.25) is 0 Å². The van der Waals surface area contributed by atoms with Gasteiger partial charge in [0.15, 0.2) is 0 Å². The van der Waals surface area contributed by atoms with Crippen molar-refractivity contribution in [2.75, 3.05) is 13.1 Å². The normalized spacial score (nSPS) is 10.9. The third-order valence-electron chi connectivity index (χ3n) is 3.90. The van der Waals surface area contributed by atoms with Crippen molar-refractivity contribution in [3.8, 4) is 0 Å². The van der Waals surface area contributed by atoms with Crippen molar-refractivity contribution in [2.24, 2.45) is 5.73 Å². The van der Waals surface area contributed by atoms with Crippen molar-refractivity contribution in [3.05, 3.63) is 90.5 Å². The van der Waals surface area contributed by atoms with Crippen LogP contribution in [0.15, 0.2) is 84.9 Å². The van der Waals surface area contributed by atoms with E-state index in [1.807, 2.05) is 0 Å². The molecule has 0 saturated heterocycles. The molecule has 0 bridgehead atoms. The van der Waals surface area contributed by atoms with E-state index in [9.17, 15) is 0 Å². The Balaban J connectivity index is 2.04. The molecular weight excluding hydrogens is 311 g/mol. The highest BCUT2D eigenvalue weighted by atomic mass is 31.1. The summed E-state index contributed by atoms with van der Waals surface area (Å²) >= 11 is 0. The van der Waals surface area contributed by atoms with E-state index in [1.165, 1.54) is 21.5 Å². The first-order valence-corrected chi connectivity index (χ1v) is 9.63. The Kier molecular flexibility index (Phi) is 6.14. The summed E-state index contributed by atoms with van der Waals surface area (Å²) in [5.41, 5.74) is 6.97. The molecule has 0 radical (unpaired) electrons. The minimum absolute atomic E-state index is 0.559. The summed E-state index contributed by atoms with van der Waals surface area (Å²) < 4.78 is 0. The Bertz CT molecular complexity index is 705. The fourth-order valence-electron chi connectivity index (χ4n) is 2.78. The van der Waals surface area contributed by atoms with Crippen molar-refractivity contribution in [1.29, 1.82) is 0 Å². The van der Waals surface area contributed by atoms with E-state index in [-0.39, 0.29) is 0 Å². The smallest absolute Gasteiger partial charge is 0.0212 e. The Morgan fingerprint density at radius 2 is 1.25 bits per heavy atom. The maximum Gasteiger partial charge on any atom is 0.0212 e. The van der Waals surface area contributed by atoms with Crippen molar-refractivity contribution < 1.29 is 0 Å². The quantitative estimate of drug-likeness (QED) is 0.515. The van der Waals surface area contributed by atoms with Crippen LogP contribution in [-0.4, -0.2) is 13.1 Å². The predicted molar refractivity (Wildman–Crippen MR) is 106 cm³/mol. The van der Waals surface area contributed by atoms with Crippen molar-refractivity contribution in [3.63, 3.8) is 0 Å². The van der Waals surface area contributed by atoms with E-state index in [4.69, 9.17) is 5.73 Å². The molecule has 0 aromatic heterocycles. The lowest BCUT2D eigenvalue weighted by molar-refractivity contribution is 0.697. The molecule has 3 heteroatoms. The largest absolute Gasteiger partial charge is 0.329 e. The van der Waals surface area contributed by atoms with Crippen LogP contribution < -0.4 is 27.0 Å². The van der Waals surface area contributed by atoms with Crippen LogP contribution in [0.1, 0.15) is 5.56 Å². The van der Waals surface area contributed by atoms with Crippen LogP contribution in [0.5, 0.6) is 0 Å². The number of nitrogens with one attached hydrogen (secondary N) is 1. The predicted octanol–water partition coefficient (Wildman–Crippen LogP) is 2.49. The third kappa shape index (κ3) is 4.10. The Hall–Kier alpha value is -1.99. The van der Waals surface area contributed by atoms with Gasteiger partial charge in [-0.25, -0.2) is 0 Å². The summed E-state index contributed by atoms with van der Waals surface area (Å²) in [7, 11) is -0.559. The average Bonchev–Trinajstić information content (AvgIpc) is 2.65. The van der Waals surface area contributed by atoms with Gasteiger partial charge in [0.2, 0.25) is 0 Å². The zero-order valence-corrected chi connectivity index (χ0v) is 14.6. The summed E-state index contributed by atoms with van der Waals surface area (Å²) in [6, 6.07) is 30.4. The minimum Gasteiger partial charge on any atom is -0.329 e. The molecule has 0 amide bonds. The second-order valence-electron chi connectivity index (χ2n) is 5.60. The van der Waals surface area contributed by atoms with Gasteiger partial charge in [-0.05, 0) is 29.4 Å². The van der Waals surface area contributed by atoms with Gasteiger partial charge < -0.3 is 11.1 Å². The molecule has 0 unspecified atom stereocenters. The lowest BCUT2D eigenvalue weighted by Gasteiger charge is -2.22. The average molecular weight is 334 g/mol. The molecule has 3 N–H and O–H groups in total. The van der Waals surface area contributed by atoms with E-state index in [0.717, 1.165) is 13.1 Å². The van der Waals surface area contributed by atoms with Gasteiger partial charge >= 0.3 is 0 Å². The van der Waals surface area contributed by atoms with E-state index in [0.29, 0.717) is 6.54 Å². The van der Waals surface area contributed by atoms with Crippen molar-refractivity contribution in [1.82, 2.24) is 5.32 Å². The van der Waals surface area contributed by atoms with Crippen LogP contribution in [-0.2, 0) is 6.54 Å². The summed E-state index contributed by atoms with van der Waals surface area (Å²) in [4.78, 5) is 0. The summed E-state index contributed by atoms with van der Waals surface area (Å²) in [5, 5.41) is 7.61. The fourth-order valence-corrected chi connectivity index (χ4v) is 5.26. The number of rotatable bonds is 7. The van der Waals surface area contributed by atoms with Crippen LogP contribution in [0.25, 0.3) is 0 Å². The maximum absolute atomic E-state index is 5.61. The second kappa shape index (κ2) is 8.75. The Labute approximate surface area is 145 Å². The minimum atomic E-state index is -0.559. The van der Waals surface area contributed by atoms with E-state index < -0.39 is 7.92 Å². The first-order chi connectivity index (χ1) is 11.9. The number of nitrogens with two attached hydrogens (primary N) is 1. The lowest BCUT2D eigenvalue weighted by Crippen LogP contribution is -2.28. The van der Waals surface area contributed by atoms with E-state index in [1.54, 1.807) is 0 Å². The summed E-state index contributed by atoms with van der Waals surface area (Å²) in [6.07, 6.45) is 0. The monoisotopic (exact) mass is 334 g/mol. The highest BCUT2D eigenvalue weighted by molar-refractivity contribution is 7.79. The molecule has 0 atom stereocenters. The van der Waals surface area contributed by atoms with Gasteiger partial charge in [-0.15, -0.1) is 0 Å². The maximum atomic E-state index is 5.61. The lowest BCUT2D eigenvalue weighted by atomic mass is 10.2. The number of hydrogen-bond acceptors (Lipinski definition) is 2. The van der Waals surface area contributed by atoms with Gasteiger partial charge in [-0.1, -0.05) is 84.9 Å². The standard InChI is InChI=1S/C21H23N2P/c22-15-16-23-17-18-9-7-8-14-21(18)24(19-10-3-1-4-11-19)20-12-5-2-6-13-20/h1-14,23H,15-17,22H2. The van der Waals surface area contributed by atoms with Gasteiger partial charge in [-0.3, -0.25) is 0 Å². The summed E-state index contributed by atoms with van der Waals surface area (Å²) in [6.45, 7) is 2.35.